The Balaban J connectivity index is 1.85. The Morgan fingerprint density at radius 3 is 2.65 bits per heavy atom. The van der Waals surface area contributed by atoms with Crippen molar-refractivity contribution in [3.8, 4) is 0 Å². The van der Waals surface area contributed by atoms with E-state index in [2.05, 4.69) is 26.3 Å². The number of anilines is 2. The number of nitrogens with zero attached hydrogens (tertiary/aromatic N) is 3. The highest BCUT2D eigenvalue weighted by molar-refractivity contribution is 9.10. The van der Waals surface area contributed by atoms with Crippen LogP contribution in [0.1, 0.15) is 13.8 Å². The summed E-state index contributed by atoms with van der Waals surface area (Å²) in [5.74, 6) is -0.209. The van der Waals surface area contributed by atoms with Crippen LogP contribution in [0.2, 0.25) is 0 Å². The summed E-state index contributed by atoms with van der Waals surface area (Å²) in [7, 11) is 0. The topological polar surface area (TPSA) is 84.3 Å². The van der Waals surface area contributed by atoms with Gasteiger partial charge in [-0.2, -0.15) is 5.10 Å². The van der Waals surface area contributed by atoms with Crippen LogP contribution in [-0.2, 0) is 16.1 Å². The van der Waals surface area contributed by atoms with E-state index in [0.717, 1.165) is 9.15 Å². The van der Waals surface area contributed by atoms with Gasteiger partial charge in [-0.1, -0.05) is 15.9 Å². The summed E-state index contributed by atoms with van der Waals surface area (Å²) >= 11 is 4.62. The van der Waals surface area contributed by atoms with E-state index >= 15 is 0 Å². The second-order valence-electron chi connectivity index (χ2n) is 6.02. The van der Waals surface area contributed by atoms with Crippen LogP contribution in [-0.4, -0.2) is 33.4 Å². The predicted octanol–water partition coefficient (Wildman–Crippen LogP) is 2.49. The number of carbonyl (C=O) groups excluding carboxylic acids is 2. The molecule has 2 amide bonds. The van der Waals surface area contributed by atoms with E-state index in [4.69, 9.17) is 0 Å². The van der Waals surface area contributed by atoms with Crippen LogP contribution in [0.15, 0.2) is 44.6 Å². The molecule has 0 bridgehead atoms. The first-order valence-electron chi connectivity index (χ1n) is 7.97. The summed E-state index contributed by atoms with van der Waals surface area (Å²) in [6.45, 7) is 3.47. The Kier molecular flexibility index (Phi) is 5.47. The molecule has 0 radical (unpaired) electrons. The van der Waals surface area contributed by atoms with E-state index < -0.39 is 5.56 Å². The summed E-state index contributed by atoms with van der Waals surface area (Å²) in [4.78, 5) is 39.4. The van der Waals surface area contributed by atoms with Gasteiger partial charge in [-0.3, -0.25) is 14.4 Å². The molecule has 0 atom stereocenters. The number of rotatable bonds is 4. The summed E-state index contributed by atoms with van der Waals surface area (Å²) in [6, 6.07) is 6.97. The molecule has 1 aromatic heterocycles. The second-order valence-corrected chi connectivity index (χ2v) is 7.95. The van der Waals surface area contributed by atoms with Gasteiger partial charge in [0, 0.05) is 16.2 Å². The lowest BCUT2D eigenvalue weighted by Crippen LogP contribution is -2.45. The van der Waals surface area contributed by atoms with E-state index in [0.29, 0.717) is 16.3 Å². The van der Waals surface area contributed by atoms with Gasteiger partial charge < -0.3 is 10.2 Å². The second kappa shape index (κ2) is 7.63. The predicted molar refractivity (Wildman–Crippen MR) is 105 cm³/mol. The Labute approximate surface area is 162 Å². The minimum absolute atomic E-state index is 0.119. The van der Waals surface area contributed by atoms with Crippen molar-refractivity contribution in [1.82, 2.24) is 9.78 Å². The number of nitrogens with one attached hydrogen (secondary N) is 1. The first kappa shape index (κ1) is 18.7. The molecule has 26 heavy (non-hydrogen) atoms. The molecule has 0 fully saturated rings. The molecule has 1 N–H and O–H groups in total. The van der Waals surface area contributed by atoms with Crippen molar-refractivity contribution in [2.45, 2.75) is 31.3 Å². The summed E-state index contributed by atoms with van der Waals surface area (Å²) in [5, 5.41) is 6.81. The van der Waals surface area contributed by atoms with Crippen LogP contribution in [0.25, 0.3) is 0 Å². The van der Waals surface area contributed by atoms with Gasteiger partial charge in [0.2, 0.25) is 11.8 Å². The molecule has 0 saturated heterocycles. The fourth-order valence-corrected chi connectivity index (χ4v) is 3.78. The third kappa shape index (κ3) is 3.83. The molecule has 0 spiro atoms. The van der Waals surface area contributed by atoms with E-state index in [-0.39, 0.29) is 30.2 Å². The number of amides is 2. The molecule has 7 nitrogen and oxygen atoms in total. The first-order valence-corrected chi connectivity index (χ1v) is 9.75. The number of benzene rings is 1. The van der Waals surface area contributed by atoms with Crippen LogP contribution in [0.4, 0.5) is 11.4 Å². The molecular weight excluding hydrogens is 420 g/mol. The van der Waals surface area contributed by atoms with Gasteiger partial charge in [0.25, 0.3) is 5.56 Å². The summed E-state index contributed by atoms with van der Waals surface area (Å²) in [6.07, 6.45) is 1.54. The molecule has 3 rings (SSSR count). The van der Waals surface area contributed by atoms with Crippen LogP contribution in [0.3, 0.4) is 0 Å². The largest absolute Gasteiger partial charge is 0.324 e. The number of halogens is 1. The molecular formula is C17H17BrN4O3S. The number of fused-ring (bicyclic) bond motifs is 1. The summed E-state index contributed by atoms with van der Waals surface area (Å²) in [5.41, 5.74) is 0.481. The van der Waals surface area contributed by atoms with Gasteiger partial charge in [-0.15, -0.1) is 11.8 Å². The first-order chi connectivity index (χ1) is 12.4. The molecule has 0 saturated carbocycles. The Hall–Kier alpha value is -2.13. The maximum atomic E-state index is 12.8. The molecule has 1 aliphatic heterocycles. The van der Waals surface area contributed by atoms with Crippen molar-refractivity contribution in [3.63, 3.8) is 0 Å². The van der Waals surface area contributed by atoms with Crippen molar-refractivity contribution in [1.29, 1.82) is 0 Å². The van der Waals surface area contributed by atoms with Gasteiger partial charge >= 0.3 is 0 Å². The number of thioether (sulfide) groups is 1. The smallest absolute Gasteiger partial charge is 0.292 e. The highest BCUT2D eigenvalue weighted by atomic mass is 79.9. The molecule has 1 aromatic carbocycles. The lowest BCUT2D eigenvalue weighted by atomic mass is 10.2. The molecule has 2 aromatic rings. The quantitative estimate of drug-likeness (QED) is 0.795. The van der Waals surface area contributed by atoms with Crippen molar-refractivity contribution in [2.75, 3.05) is 16.0 Å². The zero-order valence-corrected chi connectivity index (χ0v) is 16.6. The van der Waals surface area contributed by atoms with Gasteiger partial charge in [-0.05, 0) is 38.1 Å². The number of aromatic nitrogens is 2. The maximum absolute atomic E-state index is 12.8. The zero-order valence-electron chi connectivity index (χ0n) is 14.2. The Bertz CT molecular complexity index is 911. The number of carbonyl (C=O) groups is 2. The van der Waals surface area contributed by atoms with E-state index in [9.17, 15) is 14.4 Å². The third-order valence-electron chi connectivity index (χ3n) is 3.78. The van der Waals surface area contributed by atoms with E-state index in [1.54, 1.807) is 12.1 Å². The molecule has 2 heterocycles. The zero-order chi connectivity index (χ0) is 18.8. The average molecular weight is 437 g/mol. The SMILES string of the molecule is CC(C)N1C(=O)CSc2cnn(CC(=O)Nc3ccc(Br)cc3)c(=O)c21. The van der Waals surface area contributed by atoms with Crippen LogP contribution in [0, 0.1) is 0 Å². The van der Waals surface area contributed by atoms with Crippen molar-refractivity contribution >= 4 is 50.9 Å². The monoisotopic (exact) mass is 436 g/mol. The van der Waals surface area contributed by atoms with Crippen molar-refractivity contribution in [2.24, 2.45) is 0 Å². The van der Waals surface area contributed by atoms with Gasteiger partial charge in [0.15, 0.2) is 0 Å². The van der Waals surface area contributed by atoms with Crippen molar-refractivity contribution in [3.05, 3.63) is 45.3 Å². The van der Waals surface area contributed by atoms with Gasteiger partial charge in [-0.25, -0.2) is 4.68 Å². The van der Waals surface area contributed by atoms with Crippen LogP contribution < -0.4 is 15.8 Å². The number of hydrogen-bond donors (Lipinski definition) is 1. The molecule has 1 aliphatic rings. The Morgan fingerprint density at radius 1 is 1.31 bits per heavy atom. The maximum Gasteiger partial charge on any atom is 0.292 e. The van der Waals surface area contributed by atoms with Crippen LogP contribution >= 0.6 is 27.7 Å². The van der Waals surface area contributed by atoms with Gasteiger partial charge in [0.1, 0.15) is 12.2 Å². The molecule has 136 valence electrons. The molecule has 0 aliphatic carbocycles. The van der Waals surface area contributed by atoms with E-state index in [1.165, 1.54) is 22.9 Å². The lowest BCUT2D eigenvalue weighted by Gasteiger charge is -2.31. The number of hydrogen-bond acceptors (Lipinski definition) is 5. The highest BCUT2D eigenvalue weighted by Crippen LogP contribution is 2.32. The third-order valence-corrected chi connectivity index (χ3v) is 5.31. The van der Waals surface area contributed by atoms with Gasteiger partial charge in [0.05, 0.1) is 16.8 Å². The minimum atomic E-state index is -0.442. The van der Waals surface area contributed by atoms with Crippen LogP contribution in [0.5, 0.6) is 0 Å². The molecule has 9 heteroatoms. The fraction of sp³-hybridized carbons (Fsp3) is 0.294. The standard InChI is InChI=1S/C17H17BrN4O3S/c1-10(2)22-15(24)9-26-13-7-19-21(17(25)16(13)22)8-14(23)20-12-5-3-11(18)4-6-12/h3-7,10H,8-9H2,1-2H3,(H,20,23). The normalized spacial score (nSPS) is 13.7. The summed E-state index contributed by atoms with van der Waals surface area (Å²) < 4.78 is 1.99. The average Bonchev–Trinajstić information content (AvgIpc) is 2.59. The molecule has 0 unspecified atom stereocenters. The highest BCUT2D eigenvalue weighted by Gasteiger charge is 2.30. The van der Waals surface area contributed by atoms with Crippen molar-refractivity contribution < 1.29 is 9.59 Å². The van der Waals surface area contributed by atoms with E-state index in [1.807, 2.05) is 26.0 Å². The minimum Gasteiger partial charge on any atom is -0.324 e. The lowest BCUT2D eigenvalue weighted by molar-refractivity contribution is -0.117. The Morgan fingerprint density at radius 2 is 2.00 bits per heavy atom. The fourth-order valence-electron chi connectivity index (χ4n) is 2.65.